The molecule has 1 atom stereocenters. The van der Waals surface area contributed by atoms with Crippen molar-refractivity contribution < 1.29 is 9.47 Å². The molecule has 2 rings (SSSR count). The minimum Gasteiger partial charge on any atom is -0.496 e. The second kappa shape index (κ2) is 6.10. The molecule has 18 heavy (non-hydrogen) atoms. The molecule has 0 saturated carbocycles. The van der Waals surface area contributed by atoms with Gasteiger partial charge in [0.1, 0.15) is 11.5 Å². The molecule has 0 aliphatic carbocycles. The topological polar surface area (TPSA) is 30.5 Å². The smallest absolute Gasteiger partial charge is 0.122 e. The summed E-state index contributed by atoms with van der Waals surface area (Å²) in [6.45, 7) is 3.31. The molecule has 3 heteroatoms. The molecule has 1 fully saturated rings. The highest BCUT2D eigenvalue weighted by molar-refractivity contribution is 5.49. The largest absolute Gasteiger partial charge is 0.496 e. The van der Waals surface area contributed by atoms with Crippen molar-refractivity contribution in [1.82, 2.24) is 5.32 Å². The van der Waals surface area contributed by atoms with E-state index in [-0.39, 0.29) is 0 Å². The Morgan fingerprint density at radius 1 is 1.17 bits per heavy atom. The van der Waals surface area contributed by atoms with E-state index in [1.807, 2.05) is 12.1 Å². The molecule has 0 radical (unpaired) electrons. The number of hydrogen-bond donors (Lipinski definition) is 1. The van der Waals surface area contributed by atoms with Crippen LogP contribution in [-0.2, 0) is 12.8 Å². The minimum atomic E-state index is 0.580. The molecule has 0 aromatic heterocycles. The van der Waals surface area contributed by atoms with Gasteiger partial charge in [0.05, 0.1) is 14.2 Å². The van der Waals surface area contributed by atoms with Crippen LogP contribution in [0.3, 0.4) is 0 Å². The lowest BCUT2D eigenvalue weighted by atomic mass is 9.96. The predicted molar refractivity (Wildman–Crippen MR) is 73.7 cm³/mol. The maximum Gasteiger partial charge on any atom is 0.122 e. The van der Waals surface area contributed by atoms with Gasteiger partial charge in [0.25, 0.3) is 0 Å². The van der Waals surface area contributed by atoms with Crippen molar-refractivity contribution in [2.24, 2.45) is 0 Å². The summed E-state index contributed by atoms with van der Waals surface area (Å²) in [6.07, 6.45) is 4.54. The van der Waals surface area contributed by atoms with Crippen LogP contribution < -0.4 is 14.8 Å². The summed E-state index contributed by atoms with van der Waals surface area (Å²) in [5.74, 6) is 1.97. The molecule has 100 valence electrons. The van der Waals surface area contributed by atoms with E-state index in [2.05, 4.69) is 12.2 Å². The fourth-order valence-electron chi connectivity index (χ4n) is 2.82. The van der Waals surface area contributed by atoms with E-state index in [4.69, 9.17) is 9.47 Å². The summed E-state index contributed by atoms with van der Waals surface area (Å²) in [5.41, 5.74) is 2.59. The molecule has 1 aromatic rings. The van der Waals surface area contributed by atoms with Crippen LogP contribution in [0.2, 0.25) is 0 Å². The Hall–Kier alpha value is -1.22. The monoisotopic (exact) mass is 249 g/mol. The first-order valence-electron chi connectivity index (χ1n) is 6.76. The van der Waals surface area contributed by atoms with Crippen LogP contribution in [0.4, 0.5) is 0 Å². The number of hydrogen-bond acceptors (Lipinski definition) is 3. The molecule has 1 aliphatic heterocycles. The lowest BCUT2D eigenvalue weighted by Gasteiger charge is -2.19. The molecular weight excluding hydrogens is 226 g/mol. The van der Waals surface area contributed by atoms with Gasteiger partial charge in [-0.1, -0.05) is 6.92 Å². The Morgan fingerprint density at radius 2 is 1.83 bits per heavy atom. The Morgan fingerprint density at radius 3 is 2.33 bits per heavy atom. The van der Waals surface area contributed by atoms with Gasteiger partial charge in [0, 0.05) is 17.2 Å². The van der Waals surface area contributed by atoms with Crippen molar-refractivity contribution >= 4 is 0 Å². The fraction of sp³-hybridized carbons (Fsp3) is 0.600. The average Bonchev–Trinajstić information content (AvgIpc) is 2.91. The molecule has 3 nitrogen and oxygen atoms in total. The second-order valence-corrected chi connectivity index (χ2v) is 4.78. The number of ether oxygens (including phenoxy) is 2. The van der Waals surface area contributed by atoms with Crippen LogP contribution in [-0.4, -0.2) is 26.8 Å². The minimum absolute atomic E-state index is 0.580. The highest BCUT2D eigenvalue weighted by atomic mass is 16.5. The van der Waals surface area contributed by atoms with E-state index in [0.29, 0.717) is 6.04 Å². The molecule has 0 spiro atoms. The first kappa shape index (κ1) is 13.2. The van der Waals surface area contributed by atoms with Gasteiger partial charge in [0.15, 0.2) is 0 Å². The zero-order valence-corrected chi connectivity index (χ0v) is 11.6. The van der Waals surface area contributed by atoms with Gasteiger partial charge < -0.3 is 14.8 Å². The standard InChI is InChI=1S/C15H23NO2/c1-4-12-13(10-11-6-5-9-16-11)15(18-3)8-7-14(12)17-2/h7-8,11,16H,4-6,9-10H2,1-3H3. The molecular formula is C15H23NO2. The van der Waals surface area contributed by atoms with E-state index in [1.165, 1.54) is 24.0 Å². The van der Waals surface area contributed by atoms with Crippen molar-refractivity contribution in [1.29, 1.82) is 0 Å². The van der Waals surface area contributed by atoms with E-state index < -0.39 is 0 Å². The van der Waals surface area contributed by atoms with E-state index in [0.717, 1.165) is 30.9 Å². The fourth-order valence-corrected chi connectivity index (χ4v) is 2.82. The second-order valence-electron chi connectivity index (χ2n) is 4.78. The summed E-state index contributed by atoms with van der Waals surface area (Å²) < 4.78 is 11.0. The van der Waals surface area contributed by atoms with Gasteiger partial charge in [-0.2, -0.15) is 0 Å². The van der Waals surface area contributed by atoms with E-state index in [9.17, 15) is 0 Å². The molecule has 0 bridgehead atoms. The molecule has 1 aromatic carbocycles. The van der Waals surface area contributed by atoms with Crippen LogP contribution in [0.5, 0.6) is 11.5 Å². The number of methoxy groups -OCH3 is 2. The number of benzene rings is 1. The maximum atomic E-state index is 5.51. The van der Waals surface area contributed by atoms with Crippen LogP contribution in [0.25, 0.3) is 0 Å². The number of nitrogens with one attached hydrogen (secondary N) is 1. The Labute approximate surface area is 109 Å². The molecule has 0 amide bonds. The van der Waals surface area contributed by atoms with Gasteiger partial charge >= 0.3 is 0 Å². The zero-order chi connectivity index (χ0) is 13.0. The first-order valence-corrected chi connectivity index (χ1v) is 6.76. The van der Waals surface area contributed by atoms with Crippen molar-refractivity contribution in [3.05, 3.63) is 23.3 Å². The summed E-state index contributed by atoms with van der Waals surface area (Å²) in [4.78, 5) is 0. The van der Waals surface area contributed by atoms with Gasteiger partial charge in [-0.05, 0) is 44.4 Å². The SMILES string of the molecule is CCc1c(OC)ccc(OC)c1CC1CCCN1. The molecule has 1 N–H and O–H groups in total. The van der Waals surface area contributed by atoms with Crippen molar-refractivity contribution in [2.75, 3.05) is 20.8 Å². The predicted octanol–water partition coefficient (Wildman–Crippen LogP) is 2.56. The average molecular weight is 249 g/mol. The first-order chi connectivity index (χ1) is 8.80. The van der Waals surface area contributed by atoms with Crippen molar-refractivity contribution in [2.45, 2.75) is 38.6 Å². The Balaban J connectivity index is 2.33. The summed E-state index contributed by atoms with van der Waals surface area (Å²) >= 11 is 0. The van der Waals surface area contributed by atoms with E-state index >= 15 is 0 Å². The van der Waals surface area contributed by atoms with Crippen LogP contribution in [0, 0.1) is 0 Å². The molecule has 1 aliphatic rings. The molecule has 1 saturated heterocycles. The third kappa shape index (κ3) is 2.61. The van der Waals surface area contributed by atoms with Crippen LogP contribution in [0.15, 0.2) is 12.1 Å². The van der Waals surface area contributed by atoms with Crippen molar-refractivity contribution in [3.63, 3.8) is 0 Å². The van der Waals surface area contributed by atoms with Crippen LogP contribution in [0.1, 0.15) is 30.9 Å². The molecule has 1 heterocycles. The highest BCUT2D eigenvalue weighted by Crippen LogP contribution is 2.32. The van der Waals surface area contributed by atoms with Gasteiger partial charge in [-0.3, -0.25) is 0 Å². The third-order valence-corrected chi connectivity index (χ3v) is 3.75. The summed E-state index contributed by atoms with van der Waals surface area (Å²) in [5, 5.41) is 3.55. The maximum absolute atomic E-state index is 5.51. The van der Waals surface area contributed by atoms with E-state index in [1.54, 1.807) is 14.2 Å². The lowest BCUT2D eigenvalue weighted by molar-refractivity contribution is 0.392. The normalized spacial score (nSPS) is 18.9. The Kier molecular flexibility index (Phi) is 4.48. The Bertz CT molecular complexity index is 398. The summed E-state index contributed by atoms with van der Waals surface area (Å²) in [7, 11) is 3.48. The summed E-state index contributed by atoms with van der Waals surface area (Å²) in [6, 6.07) is 4.60. The van der Waals surface area contributed by atoms with Crippen molar-refractivity contribution in [3.8, 4) is 11.5 Å². The molecule has 1 unspecified atom stereocenters. The van der Waals surface area contributed by atoms with Gasteiger partial charge in [-0.15, -0.1) is 0 Å². The zero-order valence-electron chi connectivity index (χ0n) is 11.6. The van der Waals surface area contributed by atoms with Gasteiger partial charge in [-0.25, -0.2) is 0 Å². The van der Waals surface area contributed by atoms with Gasteiger partial charge in [0.2, 0.25) is 0 Å². The number of rotatable bonds is 5. The lowest BCUT2D eigenvalue weighted by Crippen LogP contribution is -2.24. The third-order valence-electron chi connectivity index (χ3n) is 3.75. The van der Waals surface area contributed by atoms with Crippen LogP contribution >= 0.6 is 0 Å². The quantitative estimate of drug-likeness (QED) is 0.870. The highest BCUT2D eigenvalue weighted by Gasteiger charge is 2.20.